The van der Waals surface area contributed by atoms with Crippen LogP contribution in [0.1, 0.15) is 26.3 Å². The van der Waals surface area contributed by atoms with Gasteiger partial charge >= 0.3 is 5.97 Å². The first kappa shape index (κ1) is 19.5. The molecule has 1 atom stereocenters. The second kappa shape index (κ2) is 8.50. The van der Waals surface area contributed by atoms with Gasteiger partial charge < -0.3 is 14.6 Å². The van der Waals surface area contributed by atoms with E-state index in [0.717, 1.165) is 23.1 Å². The van der Waals surface area contributed by atoms with E-state index < -0.39 is 12.3 Å². The van der Waals surface area contributed by atoms with Crippen molar-refractivity contribution in [3.8, 4) is 22.6 Å². The maximum absolute atomic E-state index is 11.6. The summed E-state index contributed by atoms with van der Waals surface area (Å²) < 4.78 is 10.8. The number of esters is 1. The molecule has 0 aliphatic carbocycles. The molecule has 0 radical (unpaired) electrons. The molecule has 0 bridgehead atoms. The highest BCUT2D eigenvalue weighted by Crippen LogP contribution is 2.29. The Bertz CT molecular complexity index is 819. The number of hydrogen-bond donors (Lipinski definition) is 1. The second-order valence-corrected chi connectivity index (χ2v) is 6.19. The van der Waals surface area contributed by atoms with Crippen LogP contribution in [0.15, 0.2) is 66.8 Å². The number of benzene rings is 2. The van der Waals surface area contributed by atoms with Gasteiger partial charge in [-0.3, -0.25) is 0 Å². The van der Waals surface area contributed by atoms with Gasteiger partial charge in [-0.25, -0.2) is 4.79 Å². The molecular formula is C22H24O4. The average Bonchev–Trinajstić information content (AvgIpc) is 2.62. The number of carbonyl (C=O) groups is 1. The third-order valence-electron chi connectivity index (χ3n) is 3.85. The zero-order valence-corrected chi connectivity index (χ0v) is 15.4. The average molecular weight is 352 g/mol. The number of rotatable bonds is 7. The molecule has 2 rings (SSSR count). The molecule has 0 aromatic heterocycles. The summed E-state index contributed by atoms with van der Waals surface area (Å²) in [5, 5.41) is 9.86. The van der Waals surface area contributed by atoms with E-state index in [4.69, 9.17) is 9.47 Å². The van der Waals surface area contributed by atoms with Gasteiger partial charge in [0.15, 0.2) is 0 Å². The van der Waals surface area contributed by atoms with Crippen LogP contribution in [-0.2, 0) is 11.2 Å². The predicted molar refractivity (Wildman–Crippen MR) is 103 cm³/mol. The maximum Gasteiger partial charge on any atom is 0.338 e. The van der Waals surface area contributed by atoms with Crippen molar-refractivity contribution < 1.29 is 19.4 Å². The molecule has 2 aromatic rings. The molecule has 0 saturated carbocycles. The van der Waals surface area contributed by atoms with Crippen LogP contribution in [0.2, 0.25) is 0 Å². The first-order valence-corrected chi connectivity index (χ1v) is 8.43. The van der Waals surface area contributed by atoms with Gasteiger partial charge in [-0.1, -0.05) is 38.3 Å². The monoisotopic (exact) mass is 352 g/mol. The minimum atomic E-state index is -1.02. The molecule has 0 saturated heterocycles. The van der Waals surface area contributed by atoms with Crippen LogP contribution in [0.5, 0.6) is 11.5 Å². The molecule has 2 aromatic carbocycles. The minimum Gasteiger partial charge on any atom is -0.461 e. The van der Waals surface area contributed by atoms with Crippen molar-refractivity contribution in [2.75, 3.05) is 0 Å². The summed E-state index contributed by atoms with van der Waals surface area (Å²) in [7, 11) is 0. The van der Waals surface area contributed by atoms with E-state index in [1.54, 1.807) is 26.0 Å². The van der Waals surface area contributed by atoms with Gasteiger partial charge in [0, 0.05) is 5.57 Å². The van der Waals surface area contributed by atoms with Gasteiger partial charge in [0.05, 0.1) is 0 Å². The number of hydrogen-bond acceptors (Lipinski definition) is 4. The molecule has 1 N–H and O–H groups in total. The largest absolute Gasteiger partial charge is 0.461 e. The summed E-state index contributed by atoms with van der Waals surface area (Å²) >= 11 is 0. The zero-order chi connectivity index (χ0) is 19.3. The van der Waals surface area contributed by atoms with E-state index >= 15 is 0 Å². The Labute approximate surface area is 154 Å². The van der Waals surface area contributed by atoms with Crippen LogP contribution in [0, 0.1) is 0 Å². The lowest BCUT2D eigenvalue weighted by molar-refractivity contribution is -0.130. The van der Waals surface area contributed by atoms with Crippen LogP contribution in [0.25, 0.3) is 11.1 Å². The van der Waals surface area contributed by atoms with Crippen molar-refractivity contribution >= 4 is 5.97 Å². The van der Waals surface area contributed by atoms with Gasteiger partial charge in [0.1, 0.15) is 11.5 Å². The molecule has 0 amide bonds. The first-order valence-electron chi connectivity index (χ1n) is 8.43. The van der Waals surface area contributed by atoms with Crippen LogP contribution in [0.4, 0.5) is 0 Å². The van der Waals surface area contributed by atoms with E-state index in [1.165, 1.54) is 0 Å². The lowest BCUT2D eigenvalue weighted by Gasteiger charge is -2.17. The van der Waals surface area contributed by atoms with Crippen molar-refractivity contribution in [1.29, 1.82) is 0 Å². The van der Waals surface area contributed by atoms with E-state index in [2.05, 4.69) is 13.2 Å². The molecule has 0 aliphatic heterocycles. The number of aliphatic hydroxyl groups is 1. The van der Waals surface area contributed by atoms with Gasteiger partial charge in [-0.05, 0) is 66.8 Å². The fraction of sp³-hybridized carbons (Fsp3) is 0.227. The fourth-order valence-corrected chi connectivity index (χ4v) is 2.28. The van der Waals surface area contributed by atoms with Crippen LogP contribution >= 0.6 is 0 Å². The van der Waals surface area contributed by atoms with Crippen LogP contribution in [0.3, 0.4) is 0 Å². The molecule has 1 unspecified atom stereocenters. The van der Waals surface area contributed by atoms with E-state index in [1.807, 2.05) is 37.3 Å². The Morgan fingerprint density at radius 1 is 1.08 bits per heavy atom. The SMILES string of the molecule is C=C(C)C(=O)Oc1ccc(-c2ccc(OC(O)C(=C)C)c(CC)c2)cc1. The Morgan fingerprint density at radius 3 is 2.23 bits per heavy atom. The van der Waals surface area contributed by atoms with Crippen LogP contribution in [-0.4, -0.2) is 17.4 Å². The number of ether oxygens (including phenoxy) is 2. The van der Waals surface area contributed by atoms with Crippen molar-refractivity contribution in [2.45, 2.75) is 33.5 Å². The minimum absolute atomic E-state index is 0.356. The highest BCUT2D eigenvalue weighted by atomic mass is 16.6. The summed E-state index contributed by atoms with van der Waals surface area (Å²) in [6.07, 6.45) is -0.256. The smallest absolute Gasteiger partial charge is 0.338 e. The normalized spacial score (nSPS) is 11.5. The first-order chi connectivity index (χ1) is 12.3. The topological polar surface area (TPSA) is 55.8 Å². The number of aryl methyl sites for hydroxylation is 1. The molecule has 26 heavy (non-hydrogen) atoms. The Balaban J connectivity index is 2.22. The van der Waals surface area contributed by atoms with Gasteiger partial charge in [-0.2, -0.15) is 0 Å². The molecule has 0 fully saturated rings. The number of aliphatic hydroxyl groups excluding tert-OH is 1. The van der Waals surface area contributed by atoms with Crippen molar-refractivity contribution in [3.05, 3.63) is 72.3 Å². The lowest BCUT2D eigenvalue weighted by atomic mass is 10.0. The van der Waals surface area contributed by atoms with Crippen LogP contribution < -0.4 is 9.47 Å². The highest BCUT2D eigenvalue weighted by molar-refractivity contribution is 5.88. The van der Waals surface area contributed by atoms with Gasteiger partial charge in [0.25, 0.3) is 0 Å². The van der Waals surface area contributed by atoms with Crippen molar-refractivity contribution in [1.82, 2.24) is 0 Å². The lowest BCUT2D eigenvalue weighted by Crippen LogP contribution is -2.16. The quantitative estimate of drug-likeness (QED) is 0.259. The summed E-state index contributed by atoms with van der Waals surface area (Å²) in [5.74, 6) is 0.671. The maximum atomic E-state index is 11.6. The summed E-state index contributed by atoms with van der Waals surface area (Å²) in [6, 6.07) is 13.1. The highest BCUT2D eigenvalue weighted by Gasteiger charge is 2.11. The fourth-order valence-electron chi connectivity index (χ4n) is 2.28. The standard InChI is InChI=1S/C22H24O4/c1-6-16-13-18(9-12-20(16)26-22(24)15(4)5)17-7-10-19(11-8-17)25-21(23)14(2)3/h7-13,22,24H,2,4,6H2,1,3,5H3. The third kappa shape index (κ3) is 4.83. The van der Waals surface area contributed by atoms with Gasteiger partial charge in [0.2, 0.25) is 6.29 Å². The second-order valence-electron chi connectivity index (χ2n) is 6.19. The summed E-state index contributed by atoms with van der Waals surface area (Å²) in [4.78, 5) is 11.6. The molecule has 4 nitrogen and oxygen atoms in total. The summed E-state index contributed by atoms with van der Waals surface area (Å²) in [5.41, 5.74) is 3.89. The Kier molecular flexibility index (Phi) is 6.36. The number of carbonyl (C=O) groups excluding carboxylic acids is 1. The van der Waals surface area contributed by atoms with E-state index in [9.17, 15) is 9.90 Å². The molecule has 0 aliphatic rings. The van der Waals surface area contributed by atoms with Crippen molar-refractivity contribution in [2.24, 2.45) is 0 Å². The Morgan fingerprint density at radius 2 is 1.69 bits per heavy atom. The third-order valence-corrected chi connectivity index (χ3v) is 3.85. The zero-order valence-electron chi connectivity index (χ0n) is 15.4. The predicted octanol–water partition coefficient (Wildman–Crippen LogP) is 4.67. The molecule has 0 heterocycles. The van der Waals surface area contributed by atoms with E-state index in [-0.39, 0.29) is 0 Å². The molecular weight excluding hydrogens is 328 g/mol. The molecule has 136 valence electrons. The Hall–Kier alpha value is -2.85. The summed E-state index contributed by atoms with van der Waals surface area (Å²) in [6.45, 7) is 12.6. The van der Waals surface area contributed by atoms with E-state index in [0.29, 0.717) is 22.6 Å². The molecule has 0 spiro atoms. The van der Waals surface area contributed by atoms with Crippen molar-refractivity contribution in [3.63, 3.8) is 0 Å². The molecule has 4 heteroatoms. The van der Waals surface area contributed by atoms with Gasteiger partial charge in [-0.15, -0.1) is 0 Å².